The molecule has 0 radical (unpaired) electrons. The molecule has 1 saturated heterocycles. The van der Waals surface area contributed by atoms with Crippen LogP contribution in [-0.2, 0) is 22.9 Å². The van der Waals surface area contributed by atoms with E-state index in [0.29, 0.717) is 32.1 Å². The lowest BCUT2D eigenvalue weighted by Crippen LogP contribution is -2.49. The first-order valence-electron chi connectivity index (χ1n) is 10.9. The Kier molecular flexibility index (Phi) is 5.88. The monoisotopic (exact) mass is 436 g/mol. The summed E-state index contributed by atoms with van der Waals surface area (Å²) in [7, 11) is -3.13. The van der Waals surface area contributed by atoms with Crippen LogP contribution in [0.2, 0.25) is 0 Å². The summed E-state index contributed by atoms with van der Waals surface area (Å²) in [6.45, 7) is 10.8. The molecule has 0 aromatic carbocycles. The summed E-state index contributed by atoms with van der Waals surface area (Å²) < 4.78 is 26.1. The Morgan fingerprint density at radius 1 is 1.17 bits per heavy atom. The lowest BCUT2D eigenvalue weighted by molar-refractivity contribution is 0.384. The Labute approximate surface area is 178 Å². The molecule has 160 valence electrons. The maximum Gasteiger partial charge on any atom is 0.213 e. The van der Waals surface area contributed by atoms with E-state index < -0.39 is 10.0 Å². The van der Waals surface area contributed by atoms with Crippen LogP contribution in [0.15, 0.2) is 0 Å². The third-order valence-electron chi connectivity index (χ3n) is 6.50. The van der Waals surface area contributed by atoms with E-state index in [2.05, 4.69) is 25.7 Å². The van der Waals surface area contributed by atoms with Crippen molar-refractivity contribution in [1.82, 2.24) is 14.3 Å². The second-order valence-corrected chi connectivity index (χ2v) is 11.9. The topological polar surface area (TPSA) is 66.4 Å². The number of sulfonamides is 1. The van der Waals surface area contributed by atoms with E-state index in [1.807, 2.05) is 11.3 Å². The van der Waals surface area contributed by atoms with E-state index >= 15 is 0 Å². The Morgan fingerprint density at radius 3 is 2.55 bits per heavy atom. The molecule has 2 aromatic heterocycles. The van der Waals surface area contributed by atoms with Crippen molar-refractivity contribution in [2.24, 2.45) is 5.92 Å². The Morgan fingerprint density at radius 2 is 1.90 bits per heavy atom. The van der Waals surface area contributed by atoms with Gasteiger partial charge in [0.2, 0.25) is 10.0 Å². The fraction of sp³-hybridized carbons (Fsp3) is 0.714. The highest BCUT2D eigenvalue weighted by Gasteiger charge is 2.30. The molecule has 0 N–H and O–H groups in total. The second-order valence-electron chi connectivity index (χ2n) is 8.53. The number of fused-ring (bicyclic) bond motifs is 3. The molecule has 0 saturated carbocycles. The predicted molar refractivity (Wildman–Crippen MR) is 121 cm³/mol. The molecule has 1 fully saturated rings. The van der Waals surface area contributed by atoms with Crippen molar-refractivity contribution < 1.29 is 8.42 Å². The van der Waals surface area contributed by atoms with Crippen LogP contribution in [-0.4, -0.2) is 54.6 Å². The van der Waals surface area contributed by atoms with Crippen molar-refractivity contribution in [3.63, 3.8) is 0 Å². The molecule has 1 aliphatic heterocycles. The van der Waals surface area contributed by atoms with E-state index in [1.165, 1.54) is 22.2 Å². The highest BCUT2D eigenvalue weighted by molar-refractivity contribution is 7.89. The van der Waals surface area contributed by atoms with Gasteiger partial charge in [0.05, 0.1) is 11.1 Å². The fourth-order valence-corrected chi connectivity index (χ4v) is 6.80. The lowest BCUT2D eigenvalue weighted by atomic mass is 9.89. The summed E-state index contributed by atoms with van der Waals surface area (Å²) in [5.74, 6) is 3.16. The summed E-state index contributed by atoms with van der Waals surface area (Å²) in [6, 6.07) is 0. The number of aromatic nitrogens is 2. The molecule has 29 heavy (non-hydrogen) atoms. The van der Waals surface area contributed by atoms with Gasteiger partial charge in [-0.3, -0.25) is 0 Å². The second kappa shape index (κ2) is 8.12. The average molecular weight is 437 g/mol. The number of piperazine rings is 1. The third-order valence-corrected chi connectivity index (χ3v) is 9.53. The summed E-state index contributed by atoms with van der Waals surface area (Å²) >= 11 is 1.85. The summed E-state index contributed by atoms with van der Waals surface area (Å²) in [4.78, 5) is 14.9. The average Bonchev–Trinajstić information content (AvgIpc) is 3.09. The van der Waals surface area contributed by atoms with Gasteiger partial charge in [-0.1, -0.05) is 20.8 Å². The zero-order valence-electron chi connectivity index (χ0n) is 17.9. The van der Waals surface area contributed by atoms with Gasteiger partial charge in [0.25, 0.3) is 0 Å². The van der Waals surface area contributed by atoms with Crippen molar-refractivity contribution in [2.45, 2.75) is 59.3 Å². The number of hydrogen-bond donors (Lipinski definition) is 0. The number of aryl methyl sites for hydroxylation is 1. The van der Waals surface area contributed by atoms with Crippen molar-refractivity contribution in [2.75, 3.05) is 36.8 Å². The molecule has 3 heterocycles. The molecule has 2 aliphatic rings. The summed E-state index contributed by atoms with van der Waals surface area (Å²) in [5.41, 5.74) is 1.44. The van der Waals surface area contributed by atoms with Crippen LogP contribution in [0.25, 0.3) is 10.2 Å². The standard InChI is InChI=1S/C21H32N4O2S2/c1-5-15(4)19-22-20(24-9-11-25(12-10-24)29(26,27)6-2)18-16-8-7-14(3)13-17(16)28-21(18)23-19/h14-15H,5-13H2,1-4H3/t14-,15+/m1/s1. The first kappa shape index (κ1) is 21.0. The molecule has 8 heteroatoms. The molecule has 0 amide bonds. The Hall–Kier alpha value is -1.25. The third kappa shape index (κ3) is 3.91. The van der Waals surface area contributed by atoms with Gasteiger partial charge in [-0.05, 0) is 44.1 Å². The van der Waals surface area contributed by atoms with Gasteiger partial charge in [0.15, 0.2) is 0 Å². The van der Waals surface area contributed by atoms with Gasteiger partial charge < -0.3 is 4.90 Å². The number of hydrogen-bond acceptors (Lipinski definition) is 6. The largest absolute Gasteiger partial charge is 0.353 e. The normalized spacial score (nSPS) is 22.1. The van der Waals surface area contributed by atoms with Crippen molar-refractivity contribution in [3.8, 4) is 0 Å². The highest BCUT2D eigenvalue weighted by Crippen LogP contribution is 2.41. The van der Waals surface area contributed by atoms with Crippen LogP contribution in [0.5, 0.6) is 0 Å². The van der Waals surface area contributed by atoms with Crippen molar-refractivity contribution in [1.29, 1.82) is 0 Å². The molecule has 2 atom stereocenters. The van der Waals surface area contributed by atoms with Gasteiger partial charge in [-0.25, -0.2) is 18.4 Å². The number of rotatable bonds is 5. The smallest absolute Gasteiger partial charge is 0.213 e. The van der Waals surface area contributed by atoms with Crippen molar-refractivity contribution in [3.05, 3.63) is 16.3 Å². The molecule has 6 nitrogen and oxygen atoms in total. The minimum absolute atomic E-state index is 0.166. The molecular weight excluding hydrogens is 404 g/mol. The van der Waals surface area contributed by atoms with Crippen LogP contribution in [0.4, 0.5) is 5.82 Å². The molecule has 1 aliphatic carbocycles. The van der Waals surface area contributed by atoms with Crippen LogP contribution >= 0.6 is 11.3 Å². The fourth-order valence-electron chi connectivity index (χ4n) is 4.33. The van der Waals surface area contributed by atoms with Crippen LogP contribution in [0.1, 0.15) is 62.7 Å². The van der Waals surface area contributed by atoms with Crippen LogP contribution < -0.4 is 4.90 Å². The molecule has 0 spiro atoms. The van der Waals surface area contributed by atoms with Crippen molar-refractivity contribution >= 4 is 37.4 Å². The number of anilines is 1. The van der Waals surface area contributed by atoms with Crippen LogP contribution in [0.3, 0.4) is 0 Å². The highest BCUT2D eigenvalue weighted by atomic mass is 32.2. The van der Waals surface area contributed by atoms with Gasteiger partial charge in [0.1, 0.15) is 16.5 Å². The Balaban J connectivity index is 1.74. The van der Waals surface area contributed by atoms with Gasteiger partial charge in [-0.2, -0.15) is 4.31 Å². The first-order valence-corrected chi connectivity index (χ1v) is 13.3. The maximum absolute atomic E-state index is 12.3. The molecule has 0 unspecified atom stereocenters. The minimum Gasteiger partial charge on any atom is -0.353 e. The minimum atomic E-state index is -3.13. The van der Waals surface area contributed by atoms with Gasteiger partial charge >= 0.3 is 0 Å². The maximum atomic E-state index is 12.3. The predicted octanol–water partition coefficient (Wildman–Crippen LogP) is 3.80. The molecule has 4 rings (SSSR count). The zero-order chi connectivity index (χ0) is 20.8. The quantitative estimate of drug-likeness (QED) is 0.713. The van der Waals surface area contributed by atoms with E-state index in [4.69, 9.17) is 9.97 Å². The zero-order valence-corrected chi connectivity index (χ0v) is 19.6. The molecular formula is C21H32N4O2S2. The van der Waals surface area contributed by atoms with Gasteiger partial charge in [-0.15, -0.1) is 11.3 Å². The number of nitrogens with zero attached hydrogens (tertiary/aromatic N) is 4. The van der Waals surface area contributed by atoms with Gasteiger partial charge in [0, 0.05) is 37.0 Å². The first-order chi connectivity index (χ1) is 13.8. The Bertz CT molecular complexity index is 994. The summed E-state index contributed by atoms with van der Waals surface area (Å²) in [6.07, 6.45) is 4.46. The van der Waals surface area contributed by atoms with E-state index in [1.54, 1.807) is 11.2 Å². The lowest BCUT2D eigenvalue weighted by Gasteiger charge is -2.35. The molecule has 0 bridgehead atoms. The van der Waals surface area contributed by atoms with Crippen LogP contribution in [0, 0.1) is 5.92 Å². The molecule has 2 aromatic rings. The van der Waals surface area contributed by atoms with E-state index in [0.717, 1.165) is 41.7 Å². The SMILES string of the molecule is CC[C@H](C)c1nc(N2CCN(S(=O)(=O)CC)CC2)c2c3c(sc2n1)C[C@H](C)CC3. The number of thiophene rings is 1. The van der Waals surface area contributed by atoms with E-state index in [-0.39, 0.29) is 5.75 Å². The van der Waals surface area contributed by atoms with E-state index in [9.17, 15) is 8.42 Å². The summed E-state index contributed by atoms with van der Waals surface area (Å²) in [5, 5.41) is 1.23.